The molecule has 0 saturated carbocycles. The van der Waals surface area contributed by atoms with Crippen molar-refractivity contribution in [1.29, 1.82) is 0 Å². The number of hydrogen-bond acceptors (Lipinski definition) is 0. The van der Waals surface area contributed by atoms with Gasteiger partial charge in [-0.1, -0.05) is 137 Å². The molecule has 0 aliphatic heterocycles. The number of benzene rings is 2. The van der Waals surface area contributed by atoms with E-state index in [0.29, 0.717) is 0 Å². The Morgan fingerprint density at radius 1 is 0.733 bits per heavy atom. The van der Waals surface area contributed by atoms with E-state index < -0.39 is 5.41 Å². The van der Waals surface area contributed by atoms with Gasteiger partial charge in [0.2, 0.25) is 0 Å². The van der Waals surface area contributed by atoms with Gasteiger partial charge in [0, 0.05) is 0 Å². The number of rotatable bonds is 7. The zero-order valence-corrected chi connectivity index (χ0v) is 18.4. The standard InChI is InChI=1S/C28H26.C2H6/c1-5-9-16-23(17-10-6-2)28(22(8-4)15-7-3)26-20-13-11-18-24(26)25-19-12-14-21-27(25)28;1-2/h5-21H,1,3-4H2,2H3;1-2H3/b10-6-,16-9-,22-15+,23-17+;. The van der Waals surface area contributed by atoms with Gasteiger partial charge in [0.05, 0.1) is 5.41 Å². The van der Waals surface area contributed by atoms with Gasteiger partial charge < -0.3 is 0 Å². The van der Waals surface area contributed by atoms with Gasteiger partial charge in [0.25, 0.3) is 0 Å². The normalized spacial score (nSPS) is 14.6. The van der Waals surface area contributed by atoms with E-state index >= 15 is 0 Å². The van der Waals surface area contributed by atoms with Gasteiger partial charge in [-0.2, -0.15) is 0 Å². The largest absolute Gasteiger partial charge is 0.0991 e. The van der Waals surface area contributed by atoms with Crippen molar-refractivity contribution in [3.63, 3.8) is 0 Å². The van der Waals surface area contributed by atoms with Gasteiger partial charge in [-0.25, -0.2) is 0 Å². The van der Waals surface area contributed by atoms with Crippen LogP contribution in [-0.4, -0.2) is 0 Å². The number of allylic oxidation sites excluding steroid dienone is 11. The van der Waals surface area contributed by atoms with Crippen LogP contribution in [0.5, 0.6) is 0 Å². The van der Waals surface area contributed by atoms with E-state index in [4.69, 9.17) is 0 Å². The Bertz CT molecular complexity index is 976. The topological polar surface area (TPSA) is 0 Å². The molecule has 0 N–H and O–H groups in total. The summed E-state index contributed by atoms with van der Waals surface area (Å²) in [5.74, 6) is 0. The lowest BCUT2D eigenvalue weighted by Crippen LogP contribution is -2.29. The monoisotopic (exact) mass is 392 g/mol. The van der Waals surface area contributed by atoms with Crippen LogP contribution in [-0.2, 0) is 5.41 Å². The molecule has 0 aromatic heterocycles. The average molecular weight is 393 g/mol. The molecule has 0 atom stereocenters. The molecule has 1 aliphatic carbocycles. The summed E-state index contributed by atoms with van der Waals surface area (Å²) in [4.78, 5) is 0. The first-order chi connectivity index (χ1) is 14.7. The minimum atomic E-state index is -0.456. The van der Waals surface area contributed by atoms with E-state index in [1.807, 2.05) is 51.2 Å². The lowest BCUT2D eigenvalue weighted by Gasteiger charge is -2.35. The predicted octanol–water partition coefficient (Wildman–Crippen LogP) is 8.52. The zero-order valence-electron chi connectivity index (χ0n) is 18.4. The third-order valence-corrected chi connectivity index (χ3v) is 5.22. The molecular formula is C30H32. The van der Waals surface area contributed by atoms with Crippen LogP contribution in [0.1, 0.15) is 31.9 Å². The first-order valence-corrected chi connectivity index (χ1v) is 10.5. The van der Waals surface area contributed by atoms with Gasteiger partial charge in [0.1, 0.15) is 0 Å². The van der Waals surface area contributed by atoms with Crippen LogP contribution < -0.4 is 0 Å². The number of fused-ring (bicyclic) bond motifs is 3. The van der Waals surface area contributed by atoms with E-state index in [2.05, 4.69) is 92.6 Å². The molecule has 0 heteroatoms. The summed E-state index contributed by atoms with van der Waals surface area (Å²) in [5.41, 5.74) is 6.84. The number of hydrogen-bond donors (Lipinski definition) is 0. The highest BCUT2D eigenvalue weighted by molar-refractivity contribution is 5.87. The summed E-state index contributed by atoms with van der Waals surface area (Å²) in [6.07, 6.45) is 18.1. The fraction of sp³-hybridized carbons (Fsp3) is 0.133. The lowest BCUT2D eigenvalue weighted by molar-refractivity contribution is 0.766. The maximum atomic E-state index is 4.15. The second-order valence-corrected chi connectivity index (χ2v) is 6.65. The molecule has 30 heavy (non-hydrogen) atoms. The minimum Gasteiger partial charge on any atom is -0.0991 e. The first-order valence-electron chi connectivity index (χ1n) is 10.5. The highest BCUT2D eigenvalue weighted by Crippen LogP contribution is 2.56. The van der Waals surface area contributed by atoms with Gasteiger partial charge in [0.15, 0.2) is 0 Å². The van der Waals surface area contributed by atoms with Crippen LogP contribution in [0.4, 0.5) is 0 Å². The molecule has 0 spiro atoms. The van der Waals surface area contributed by atoms with Crippen LogP contribution in [0.25, 0.3) is 11.1 Å². The average Bonchev–Trinajstić information content (AvgIpc) is 3.10. The minimum absolute atomic E-state index is 0.456. The maximum absolute atomic E-state index is 4.15. The summed E-state index contributed by atoms with van der Waals surface area (Å²) in [5, 5.41) is 0. The molecule has 1 aliphatic rings. The van der Waals surface area contributed by atoms with Crippen LogP contribution in [0.15, 0.2) is 134 Å². The highest BCUT2D eigenvalue weighted by Gasteiger charge is 2.46. The molecule has 0 bridgehead atoms. The third-order valence-electron chi connectivity index (χ3n) is 5.22. The Kier molecular flexibility index (Phi) is 8.38. The second-order valence-electron chi connectivity index (χ2n) is 6.65. The molecule has 3 rings (SSSR count). The van der Waals surface area contributed by atoms with Gasteiger partial charge in [-0.05, 0) is 40.3 Å². The summed E-state index contributed by atoms with van der Waals surface area (Å²) in [6.45, 7) is 18.0. The van der Waals surface area contributed by atoms with Crippen molar-refractivity contribution in [1.82, 2.24) is 0 Å². The zero-order chi connectivity index (χ0) is 22.0. The molecule has 0 heterocycles. The molecule has 0 fully saturated rings. The lowest BCUT2D eigenvalue weighted by atomic mass is 9.66. The van der Waals surface area contributed by atoms with Crippen molar-refractivity contribution in [3.8, 4) is 11.1 Å². The molecule has 0 nitrogen and oxygen atoms in total. The third kappa shape index (κ3) is 3.86. The van der Waals surface area contributed by atoms with E-state index in [9.17, 15) is 0 Å². The Morgan fingerprint density at radius 3 is 1.77 bits per heavy atom. The van der Waals surface area contributed by atoms with Gasteiger partial charge in [-0.3, -0.25) is 0 Å². The molecule has 0 saturated heterocycles. The fourth-order valence-electron chi connectivity index (χ4n) is 4.17. The molecule has 2 aromatic carbocycles. The molecule has 0 radical (unpaired) electrons. The summed E-state index contributed by atoms with van der Waals surface area (Å²) < 4.78 is 0. The first kappa shape index (κ1) is 22.9. The van der Waals surface area contributed by atoms with Crippen molar-refractivity contribution >= 4 is 0 Å². The van der Waals surface area contributed by atoms with Crippen molar-refractivity contribution in [2.24, 2.45) is 0 Å². The Morgan fingerprint density at radius 2 is 1.30 bits per heavy atom. The van der Waals surface area contributed by atoms with Crippen LogP contribution in [0.3, 0.4) is 0 Å². The summed E-state index contributed by atoms with van der Waals surface area (Å²) in [7, 11) is 0. The molecular weight excluding hydrogens is 360 g/mol. The summed E-state index contributed by atoms with van der Waals surface area (Å²) in [6, 6.07) is 17.3. The van der Waals surface area contributed by atoms with Crippen LogP contribution in [0.2, 0.25) is 0 Å². The van der Waals surface area contributed by atoms with Crippen molar-refractivity contribution in [3.05, 3.63) is 145 Å². The quantitative estimate of drug-likeness (QED) is 0.414. The van der Waals surface area contributed by atoms with E-state index in [1.54, 1.807) is 0 Å². The van der Waals surface area contributed by atoms with E-state index in [-0.39, 0.29) is 0 Å². The van der Waals surface area contributed by atoms with E-state index in [1.165, 1.54) is 22.3 Å². The smallest absolute Gasteiger partial charge is 0.0713 e. The van der Waals surface area contributed by atoms with Gasteiger partial charge >= 0.3 is 0 Å². The molecule has 0 amide bonds. The van der Waals surface area contributed by atoms with Gasteiger partial charge in [-0.15, -0.1) is 0 Å². The Labute approximate surface area is 182 Å². The molecule has 0 unspecified atom stereocenters. The highest BCUT2D eigenvalue weighted by atomic mass is 14.5. The van der Waals surface area contributed by atoms with Crippen LogP contribution >= 0.6 is 0 Å². The molecule has 2 aromatic rings. The maximum Gasteiger partial charge on any atom is 0.0713 e. The second kappa shape index (κ2) is 11.0. The van der Waals surface area contributed by atoms with Crippen molar-refractivity contribution in [2.75, 3.05) is 0 Å². The predicted molar refractivity (Wildman–Crippen MR) is 135 cm³/mol. The SMILES string of the molecule is C=C\C=C/C(=C\C=C/C)C1(/C(C=C)=C/C=C)c2ccccc2-c2ccccc21.CC. The van der Waals surface area contributed by atoms with Crippen molar-refractivity contribution in [2.45, 2.75) is 26.2 Å². The van der Waals surface area contributed by atoms with E-state index in [0.717, 1.165) is 11.1 Å². The summed E-state index contributed by atoms with van der Waals surface area (Å²) >= 11 is 0. The fourth-order valence-corrected chi connectivity index (χ4v) is 4.17. The van der Waals surface area contributed by atoms with Crippen molar-refractivity contribution < 1.29 is 0 Å². The molecule has 152 valence electrons. The van der Waals surface area contributed by atoms with Crippen LogP contribution in [0, 0.1) is 0 Å². The Balaban J connectivity index is 0.00000155. The Hall–Kier alpha value is -3.38.